The Morgan fingerprint density at radius 3 is 2.69 bits per heavy atom. The van der Waals surface area contributed by atoms with Crippen molar-refractivity contribution >= 4 is 40.9 Å². The number of piperazine rings is 1. The van der Waals surface area contributed by atoms with Crippen molar-refractivity contribution in [1.82, 2.24) is 9.80 Å². The Morgan fingerprint density at radius 2 is 1.83 bits per heavy atom. The molecule has 8 heteroatoms. The van der Waals surface area contributed by atoms with E-state index in [2.05, 4.69) is 14.7 Å². The Hall–Kier alpha value is -2.41. The van der Waals surface area contributed by atoms with Gasteiger partial charge in [0.1, 0.15) is 0 Å². The van der Waals surface area contributed by atoms with E-state index in [4.69, 9.17) is 32.7 Å². The van der Waals surface area contributed by atoms with E-state index < -0.39 is 0 Å². The minimum atomic E-state index is 0.101. The molecule has 3 heterocycles. The fraction of sp³-hybridized carbons (Fsp3) is 0.464. The van der Waals surface area contributed by atoms with Crippen LogP contribution >= 0.6 is 23.2 Å². The predicted molar refractivity (Wildman–Crippen MR) is 145 cm³/mol. The van der Waals surface area contributed by atoms with E-state index in [-0.39, 0.29) is 12.7 Å². The summed E-state index contributed by atoms with van der Waals surface area (Å²) in [5.74, 6) is 1.59. The highest BCUT2D eigenvalue weighted by molar-refractivity contribution is 6.43. The minimum Gasteiger partial charge on any atom is -0.454 e. The zero-order valence-corrected chi connectivity index (χ0v) is 22.0. The van der Waals surface area contributed by atoms with E-state index in [1.165, 1.54) is 6.42 Å². The van der Waals surface area contributed by atoms with Crippen LogP contribution in [0.25, 0.3) is 6.08 Å². The maximum atomic E-state index is 13.0. The molecular formula is C28H33Cl2N3O3. The monoisotopic (exact) mass is 529 g/mol. The highest BCUT2D eigenvalue weighted by Gasteiger charge is 2.26. The summed E-state index contributed by atoms with van der Waals surface area (Å²) in [5.41, 5.74) is 1.97. The highest BCUT2D eigenvalue weighted by Crippen LogP contribution is 2.34. The maximum Gasteiger partial charge on any atom is 0.246 e. The van der Waals surface area contributed by atoms with Crippen molar-refractivity contribution < 1.29 is 14.3 Å². The standard InChI is InChI=1S/C28H33Cl2N3O3/c29-23-7-3-8-24(28(23)30)32-17-15-31(16-18-32)13-4-6-22-5-1-2-14-33(22)27(34)12-10-21-9-11-25-26(19-21)36-20-35-25/h3,7-12,19,22H,1-2,4-6,13-18,20H2. The molecule has 0 saturated carbocycles. The van der Waals surface area contributed by atoms with Gasteiger partial charge in [-0.1, -0.05) is 35.3 Å². The molecule has 1 atom stereocenters. The first-order valence-corrected chi connectivity index (χ1v) is 13.6. The third kappa shape index (κ3) is 5.93. The van der Waals surface area contributed by atoms with Gasteiger partial charge in [-0.05, 0) is 74.6 Å². The van der Waals surface area contributed by atoms with Gasteiger partial charge in [-0.15, -0.1) is 0 Å². The van der Waals surface area contributed by atoms with E-state index in [0.717, 1.165) is 87.7 Å². The van der Waals surface area contributed by atoms with Gasteiger partial charge in [0, 0.05) is 44.8 Å². The number of likely N-dealkylation sites (tertiary alicyclic amines) is 1. The Labute approximate surface area is 223 Å². The Morgan fingerprint density at radius 1 is 1.00 bits per heavy atom. The number of rotatable bonds is 7. The molecule has 0 bridgehead atoms. The van der Waals surface area contributed by atoms with Gasteiger partial charge < -0.3 is 19.3 Å². The van der Waals surface area contributed by atoms with E-state index in [1.807, 2.05) is 42.5 Å². The molecule has 3 aliphatic heterocycles. The summed E-state index contributed by atoms with van der Waals surface area (Å²) in [6.45, 7) is 6.06. The molecule has 6 nitrogen and oxygen atoms in total. The number of anilines is 1. The van der Waals surface area contributed by atoms with Gasteiger partial charge in [0.2, 0.25) is 12.7 Å². The number of carbonyl (C=O) groups is 1. The quantitative estimate of drug-likeness (QED) is 0.429. The summed E-state index contributed by atoms with van der Waals surface area (Å²) < 4.78 is 10.8. The first-order valence-electron chi connectivity index (χ1n) is 12.9. The molecule has 5 rings (SSSR count). The highest BCUT2D eigenvalue weighted by atomic mass is 35.5. The lowest BCUT2D eigenvalue weighted by Gasteiger charge is -2.38. The number of piperidine rings is 1. The van der Waals surface area contributed by atoms with Crippen LogP contribution in [0.15, 0.2) is 42.5 Å². The number of hydrogen-bond donors (Lipinski definition) is 0. The second-order valence-corrected chi connectivity index (χ2v) is 10.5. The van der Waals surface area contributed by atoms with Crippen LogP contribution in [0.3, 0.4) is 0 Å². The summed E-state index contributed by atoms with van der Waals surface area (Å²) in [4.78, 5) is 20.0. The summed E-state index contributed by atoms with van der Waals surface area (Å²) in [5, 5.41) is 1.25. The molecule has 3 aliphatic rings. The molecule has 0 aromatic heterocycles. The number of halogens is 2. The third-order valence-electron chi connectivity index (χ3n) is 7.38. The lowest BCUT2D eigenvalue weighted by Crippen LogP contribution is -2.47. The van der Waals surface area contributed by atoms with Gasteiger partial charge in [-0.3, -0.25) is 9.69 Å². The second kappa shape index (κ2) is 11.8. The summed E-state index contributed by atoms with van der Waals surface area (Å²) in [6, 6.07) is 11.9. The summed E-state index contributed by atoms with van der Waals surface area (Å²) in [7, 11) is 0. The van der Waals surface area contributed by atoms with E-state index in [1.54, 1.807) is 6.08 Å². The normalized spacial score (nSPS) is 20.3. The topological polar surface area (TPSA) is 45.3 Å². The van der Waals surface area contributed by atoms with E-state index in [9.17, 15) is 4.79 Å². The van der Waals surface area contributed by atoms with E-state index in [0.29, 0.717) is 16.1 Å². The van der Waals surface area contributed by atoms with Crippen molar-refractivity contribution in [2.75, 3.05) is 51.0 Å². The second-order valence-electron chi connectivity index (χ2n) is 9.67. The van der Waals surface area contributed by atoms with Crippen molar-refractivity contribution in [3.05, 3.63) is 58.1 Å². The number of fused-ring (bicyclic) bond motifs is 1. The van der Waals surface area contributed by atoms with Crippen LogP contribution in [0.5, 0.6) is 11.5 Å². The van der Waals surface area contributed by atoms with Crippen LogP contribution in [0.2, 0.25) is 10.0 Å². The molecule has 1 unspecified atom stereocenters. The molecule has 2 fully saturated rings. The molecule has 36 heavy (non-hydrogen) atoms. The average molecular weight is 530 g/mol. The van der Waals surface area contributed by atoms with Crippen molar-refractivity contribution in [2.24, 2.45) is 0 Å². The number of hydrogen-bond acceptors (Lipinski definition) is 5. The first-order chi connectivity index (χ1) is 17.6. The lowest BCUT2D eigenvalue weighted by atomic mass is 9.97. The number of benzene rings is 2. The molecule has 0 radical (unpaired) electrons. The summed E-state index contributed by atoms with van der Waals surface area (Å²) >= 11 is 12.6. The molecule has 0 N–H and O–H groups in total. The molecule has 192 valence electrons. The number of amides is 1. The smallest absolute Gasteiger partial charge is 0.246 e. The number of ether oxygens (including phenoxy) is 2. The van der Waals surface area contributed by atoms with Crippen LogP contribution in [0, 0.1) is 0 Å². The van der Waals surface area contributed by atoms with Gasteiger partial charge in [0.15, 0.2) is 11.5 Å². The molecule has 1 amide bonds. The predicted octanol–water partition coefficient (Wildman–Crippen LogP) is 5.72. The van der Waals surface area contributed by atoms with Gasteiger partial charge >= 0.3 is 0 Å². The largest absolute Gasteiger partial charge is 0.454 e. The zero-order valence-electron chi connectivity index (χ0n) is 20.5. The number of nitrogens with zero attached hydrogens (tertiary/aromatic N) is 3. The third-order valence-corrected chi connectivity index (χ3v) is 8.19. The maximum absolute atomic E-state index is 13.0. The Bertz CT molecular complexity index is 1100. The molecule has 0 aliphatic carbocycles. The molecule has 2 aromatic carbocycles. The van der Waals surface area contributed by atoms with Crippen molar-refractivity contribution in [3.8, 4) is 11.5 Å². The molecule has 2 saturated heterocycles. The van der Waals surface area contributed by atoms with Gasteiger partial charge in [-0.2, -0.15) is 0 Å². The minimum absolute atomic E-state index is 0.101. The van der Waals surface area contributed by atoms with Crippen molar-refractivity contribution in [1.29, 1.82) is 0 Å². The van der Waals surface area contributed by atoms with Gasteiger partial charge in [0.05, 0.1) is 15.7 Å². The van der Waals surface area contributed by atoms with Gasteiger partial charge in [0.25, 0.3) is 0 Å². The fourth-order valence-corrected chi connectivity index (χ4v) is 5.79. The van der Waals surface area contributed by atoms with Crippen molar-refractivity contribution in [2.45, 2.75) is 38.1 Å². The summed E-state index contributed by atoms with van der Waals surface area (Å²) in [6.07, 6.45) is 9.08. The van der Waals surface area contributed by atoms with Crippen molar-refractivity contribution in [3.63, 3.8) is 0 Å². The zero-order chi connectivity index (χ0) is 24.9. The Kier molecular flexibility index (Phi) is 8.25. The molecule has 2 aromatic rings. The van der Waals surface area contributed by atoms with Gasteiger partial charge in [-0.25, -0.2) is 0 Å². The van der Waals surface area contributed by atoms with Crippen LogP contribution in [0.1, 0.15) is 37.7 Å². The SMILES string of the molecule is O=C(C=Cc1ccc2c(c1)OCO2)N1CCCCC1CCCN1CCN(c2cccc(Cl)c2Cl)CC1. The molecular weight excluding hydrogens is 497 g/mol. The fourth-order valence-electron chi connectivity index (χ4n) is 5.37. The van der Waals surface area contributed by atoms with Crippen LogP contribution in [0.4, 0.5) is 5.69 Å². The first kappa shape index (κ1) is 25.2. The lowest BCUT2D eigenvalue weighted by molar-refractivity contribution is -0.129. The van der Waals surface area contributed by atoms with Crippen LogP contribution < -0.4 is 14.4 Å². The Balaban J connectivity index is 1.09. The van der Waals surface area contributed by atoms with Crippen LogP contribution in [-0.2, 0) is 4.79 Å². The van der Waals surface area contributed by atoms with Crippen LogP contribution in [-0.4, -0.2) is 67.8 Å². The average Bonchev–Trinajstić information content (AvgIpc) is 3.38. The van der Waals surface area contributed by atoms with E-state index >= 15 is 0 Å². The number of carbonyl (C=O) groups excluding carboxylic acids is 1. The molecule has 0 spiro atoms.